The lowest BCUT2D eigenvalue weighted by atomic mass is 10.3. The number of nitrogens with zero attached hydrogens (tertiary/aromatic N) is 1. The molecular weight excluding hydrogens is 168 g/mol. The fourth-order valence-electron chi connectivity index (χ4n) is 1.01. The van der Waals surface area contributed by atoms with Crippen LogP contribution in [-0.4, -0.2) is 4.98 Å². The molecule has 0 aromatic carbocycles. The van der Waals surface area contributed by atoms with Crippen molar-refractivity contribution in [2.75, 3.05) is 5.73 Å². The van der Waals surface area contributed by atoms with E-state index in [0.717, 1.165) is 10.6 Å². The van der Waals surface area contributed by atoms with Crippen LogP contribution in [0.2, 0.25) is 0 Å². The zero-order valence-electron chi connectivity index (χ0n) is 6.40. The van der Waals surface area contributed by atoms with Crippen LogP contribution in [0, 0.1) is 0 Å². The van der Waals surface area contributed by atoms with Gasteiger partial charge in [0.15, 0.2) is 0 Å². The van der Waals surface area contributed by atoms with Crippen LogP contribution < -0.4 is 5.73 Å². The molecule has 0 aliphatic carbocycles. The fourth-order valence-corrected chi connectivity index (χ4v) is 1.71. The van der Waals surface area contributed by atoms with Crippen LogP contribution in [-0.2, 0) is 0 Å². The van der Waals surface area contributed by atoms with Gasteiger partial charge in [0.05, 0.1) is 10.6 Å². The van der Waals surface area contributed by atoms with Gasteiger partial charge in [0.2, 0.25) is 0 Å². The molecule has 0 bridgehead atoms. The number of hydrogen-bond acceptors (Lipinski definition) is 3. The summed E-state index contributed by atoms with van der Waals surface area (Å²) in [5.41, 5.74) is 6.51. The van der Waals surface area contributed by atoms with Gasteiger partial charge in [0.1, 0.15) is 5.82 Å². The van der Waals surface area contributed by atoms with Crippen LogP contribution >= 0.6 is 11.3 Å². The van der Waals surface area contributed by atoms with Gasteiger partial charge in [0, 0.05) is 0 Å². The number of anilines is 1. The summed E-state index contributed by atoms with van der Waals surface area (Å²) in [6, 6.07) is 9.70. The average molecular weight is 176 g/mol. The molecule has 60 valence electrons. The Morgan fingerprint density at radius 3 is 2.75 bits per heavy atom. The fraction of sp³-hybridized carbons (Fsp3) is 0. The first kappa shape index (κ1) is 7.31. The lowest BCUT2D eigenvalue weighted by Crippen LogP contribution is -1.89. The quantitative estimate of drug-likeness (QED) is 0.724. The third-order valence-electron chi connectivity index (χ3n) is 1.54. The second-order valence-electron chi connectivity index (χ2n) is 2.42. The second-order valence-corrected chi connectivity index (χ2v) is 3.37. The molecule has 0 saturated carbocycles. The summed E-state index contributed by atoms with van der Waals surface area (Å²) in [7, 11) is 0. The molecule has 0 aliphatic rings. The van der Waals surface area contributed by atoms with E-state index in [4.69, 9.17) is 5.73 Å². The average Bonchev–Trinajstić information content (AvgIpc) is 2.56. The molecule has 0 fully saturated rings. The molecule has 0 spiro atoms. The standard InChI is InChI=1S/C9H8N2S/c10-9-5-1-3-7(11-9)8-4-2-6-12-8/h1-6H,(H2,10,11). The monoisotopic (exact) mass is 176 g/mol. The lowest BCUT2D eigenvalue weighted by Gasteiger charge is -1.96. The largest absolute Gasteiger partial charge is 0.384 e. The third kappa shape index (κ3) is 1.31. The summed E-state index contributed by atoms with van der Waals surface area (Å²) in [4.78, 5) is 5.36. The molecule has 0 unspecified atom stereocenters. The minimum Gasteiger partial charge on any atom is -0.384 e. The predicted molar refractivity (Wildman–Crippen MR) is 52.0 cm³/mol. The van der Waals surface area contributed by atoms with E-state index in [9.17, 15) is 0 Å². The van der Waals surface area contributed by atoms with Crippen molar-refractivity contribution in [3.63, 3.8) is 0 Å². The van der Waals surface area contributed by atoms with E-state index in [2.05, 4.69) is 4.98 Å². The Morgan fingerprint density at radius 1 is 1.17 bits per heavy atom. The summed E-state index contributed by atoms with van der Waals surface area (Å²) >= 11 is 1.67. The van der Waals surface area contributed by atoms with E-state index in [-0.39, 0.29) is 0 Å². The summed E-state index contributed by atoms with van der Waals surface area (Å²) in [5.74, 6) is 0.570. The van der Waals surface area contributed by atoms with Crippen molar-refractivity contribution >= 4 is 17.2 Å². The van der Waals surface area contributed by atoms with Gasteiger partial charge < -0.3 is 5.73 Å². The summed E-state index contributed by atoms with van der Waals surface area (Å²) < 4.78 is 0. The number of nitrogens with two attached hydrogens (primary N) is 1. The maximum atomic E-state index is 5.56. The maximum absolute atomic E-state index is 5.56. The molecule has 0 aliphatic heterocycles. The SMILES string of the molecule is Nc1cccc(-c2cccs2)n1. The zero-order valence-corrected chi connectivity index (χ0v) is 7.21. The normalized spacial score (nSPS) is 10.0. The van der Waals surface area contributed by atoms with Gasteiger partial charge in [-0.2, -0.15) is 0 Å². The summed E-state index contributed by atoms with van der Waals surface area (Å²) in [6.07, 6.45) is 0. The molecular formula is C9H8N2S. The molecule has 12 heavy (non-hydrogen) atoms. The van der Waals surface area contributed by atoms with Gasteiger partial charge >= 0.3 is 0 Å². The Labute approximate surface area is 74.7 Å². The van der Waals surface area contributed by atoms with Gasteiger partial charge in [-0.1, -0.05) is 12.1 Å². The van der Waals surface area contributed by atoms with E-state index >= 15 is 0 Å². The molecule has 0 amide bonds. The van der Waals surface area contributed by atoms with E-state index in [1.165, 1.54) is 0 Å². The lowest BCUT2D eigenvalue weighted by molar-refractivity contribution is 1.35. The molecule has 0 atom stereocenters. The van der Waals surface area contributed by atoms with Crippen LogP contribution in [0.25, 0.3) is 10.6 Å². The van der Waals surface area contributed by atoms with E-state index in [1.807, 2.05) is 29.6 Å². The minimum absolute atomic E-state index is 0.570. The molecule has 3 heteroatoms. The van der Waals surface area contributed by atoms with E-state index in [0.29, 0.717) is 5.82 Å². The topological polar surface area (TPSA) is 38.9 Å². The van der Waals surface area contributed by atoms with Crippen molar-refractivity contribution in [3.05, 3.63) is 35.7 Å². The van der Waals surface area contributed by atoms with Gasteiger partial charge in [-0.3, -0.25) is 0 Å². The van der Waals surface area contributed by atoms with Crippen LogP contribution in [0.5, 0.6) is 0 Å². The highest BCUT2D eigenvalue weighted by atomic mass is 32.1. The Kier molecular flexibility index (Phi) is 1.80. The Bertz CT molecular complexity index is 368. The highest BCUT2D eigenvalue weighted by Crippen LogP contribution is 2.22. The van der Waals surface area contributed by atoms with E-state index in [1.54, 1.807) is 17.4 Å². The molecule has 2 rings (SSSR count). The van der Waals surface area contributed by atoms with Crippen molar-refractivity contribution in [2.45, 2.75) is 0 Å². The highest BCUT2D eigenvalue weighted by molar-refractivity contribution is 7.13. The van der Waals surface area contributed by atoms with Crippen molar-refractivity contribution in [1.29, 1.82) is 0 Å². The molecule has 0 radical (unpaired) electrons. The predicted octanol–water partition coefficient (Wildman–Crippen LogP) is 2.39. The van der Waals surface area contributed by atoms with Crippen molar-refractivity contribution < 1.29 is 0 Å². The van der Waals surface area contributed by atoms with Gasteiger partial charge in [-0.25, -0.2) is 4.98 Å². The molecule has 2 aromatic heterocycles. The first-order valence-electron chi connectivity index (χ1n) is 3.63. The molecule has 2 heterocycles. The third-order valence-corrected chi connectivity index (χ3v) is 2.44. The van der Waals surface area contributed by atoms with Crippen LogP contribution in [0.15, 0.2) is 35.7 Å². The van der Waals surface area contributed by atoms with Gasteiger partial charge in [0.25, 0.3) is 0 Å². The number of nitrogen functional groups attached to an aromatic ring is 1. The summed E-state index contributed by atoms with van der Waals surface area (Å²) in [6.45, 7) is 0. The smallest absolute Gasteiger partial charge is 0.124 e. The number of pyridine rings is 1. The molecule has 2 nitrogen and oxygen atoms in total. The number of hydrogen-bond donors (Lipinski definition) is 1. The van der Waals surface area contributed by atoms with Crippen molar-refractivity contribution in [3.8, 4) is 10.6 Å². The zero-order chi connectivity index (χ0) is 8.39. The number of thiophene rings is 1. The molecule has 2 N–H and O–H groups in total. The Hall–Kier alpha value is -1.35. The highest BCUT2D eigenvalue weighted by Gasteiger charge is 1.98. The van der Waals surface area contributed by atoms with Crippen molar-refractivity contribution in [1.82, 2.24) is 4.98 Å². The molecule has 0 saturated heterocycles. The summed E-state index contributed by atoms with van der Waals surface area (Å²) in [5, 5.41) is 2.03. The van der Waals surface area contributed by atoms with E-state index < -0.39 is 0 Å². The van der Waals surface area contributed by atoms with Crippen LogP contribution in [0.3, 0.4) is 0 Å². The maximum Gasteiger partial charge on any atom is 0.124 e. The van der Waals surface area contributed by atoms with Gasteiger partial charge in [-0.05, 0) is 23.6 Å². The van der Waals surface area contributed by atoms with Crippen molar-refractivity contribution in [2.24, 2.45) is 0 Å². The van der Waals surface area contributed by atoms with Crippen LogP contribution in [0.4, 0.5) is 5.82 Å². The Morgan fingerprint density at radius 2 is 2.08 bits per heavy atom. The molecule has 2 aromatic rings. The second kappa shape index (κ2) is 2.95. The number of aromatic nitrogens is 1. The van der Waals surface area contributed by atoms with Crippen LogP contribution in [0.1, 0.15) is 0 Å². The number of rotatable bonds is 1. The first-order valence-corrected chi connectivity index (χ1v) is 4.50. The Balaban J connectivity index is 2.48. The van der Waals surface area contributed by atoms with Gasteiger partial charge in [-0.15, -0.1) is 11.3 Å². The minimum atomic E-state index is 0.570. The first-order chi connectivity index (χ1) is 5.86.